The molecule has 1 aliphatic heterocycles. The van der Waals surface area contributed by atoms with Gasteiger partial charge in [-0.3, -0.25) is 4.79 Å². The van der Waals surface area contributed by atoms with Gasteiger partial charge < -0.3 is 4.90 Å². The van der Waals surface area contributed by atoms with E-state index in [9.17, 15) is 9.59 Å². The Bertz CT molecular complexity index is 504. The van der Waals surface area contributed by atoms with Crippen molar-refractivity contribution in [3.05, 3.63) is 28.8 Å². The van der Waals surface area contributed by atoms with Crippen LogP contribution in [0.4, 0.5) is 5.69 Å². The molecule has 0 aromatic heterocycles. The smallest absolute Gasteiger partial charge is 0.253 e. The van der Waals surface area contributed by atoms with Gasteiger partial charge in [0, 0.05) is 18.7 Å². The minimum Gasteiger partial charge on any atom is -0.339 e. The first-order valence-electron chi connectivity index (χ1n) is 5.89. The molecule has 0 atom stereocenters. The first kappa shape index (κ1) is 12.8. The molecule has 1 aromatic carbocycles. The summed E-state index contributed by atoms with van der Waals surface area (Å²) in [5.41, 5.74) is 0.796. The maximum atomic E-state index is 12.2. The molecule has 0 N–H and O–H groups in total. The summed E-state index contributed by atoms with van der Waals surface area (Å²) in [6.45, 7) is 1.57. The number of carbonyl (C=O) groups is 1. The summed E-state index contributed by atoms with van der Waals surface area (Å²) in [4.78, 5) is 27.8. The van der Waals surface area contributed by atoms with Gasteiger partial charge in [0.25, 0.3) is 5.91 Å². The lowest BCUT2D eigenvalue weighted by Crippen LogP contribution is -2.35. The van der Waals surface area contributed by atoms with Crippen LogP contribution in [0.25, 0.3) is 0 Å². The topological polar surface area (TPSA) is 49.7 Å². The predicted molar refractivity (Wildman–Crippen MR) is 69.0 cm³/mol. The van der Waals surface area contributed by atoms with Gasteiger partial charge in [0.2, 0.25) is 6.08 Å². The Morgan fingerprint density at radius 1 is 1.28 bits per heavy atom. The van der Waals surface area contributed by atoms with Crippen LogP contribution >= 0.6 is 11.6 Å². The molecule has 0 unspecified atom stereocenters. The number of piperidine rings is 1. The number of isocyanates is 1. The molecule has 94 valence electrons. The van der Waals surface area contributed by atoms with Crippen LogP contribution in [-0.2, 0) is 4.79 Å². The Morgan fingerprint density at radius 2 is 2.00 bits per heavy atom. The molecule has 1 aromatic rings. The number of amides is 1. The van der Waals surface area contributed by atoms with Crippen LogP contribution in [0.3, 0.4) is 0 Å². The Hall–Kier alpha value is -1.64. The number of rotatable bonds is 2. The molecule has 5 heteroatoms. The monoisotopic (exact) mass is 264 g/mol. The molecule has 1 fully saturated rings. The number of benzene rings is 1. The third-order valence-corrected chi connectivity index (χ3v) is 3.32. The van der Waals surface area contributed by atoms with Crippen LogP contribution in [0.5, 0.6) is 0 Å². The van der Waals surface area contributed by atoms with E-state index < -0.39 is 0 Å². The molecule has 0 spiro atoms. The molecule has 1 amide bonds. The zero-order valence-electron chi connectivity index (χ0n) is 9.86. The van der Waals surface area contributed by atoms with E-state index in [1.165, 1.54) is 18.6 Å². The first-order valence-corrected chi connectivity index (χ1v) is 6.27. The molecule has 1 heterocycles. The summed E-state index contributed by atoms with van der Waals surface area (Å²) >= 11 is 5.87. The van der Waals surface area contributed by atoms with E-state index in [0.29, 0.717) is 10.6 Å². The molecule has 18 heavy (non-hydrogen) atoms. The van der Waals surface area contributed by atoms with Crippen molar-refractivity contribution in [2.45, 2.75) is 19.3 Å². The number of halogens is 1. The second kappa shape index (κ2) is 5.80. The van der Waals surface area contributed by atoms with Crippen molar-refractivity contribution in [3.8, 4) is 0 Å². The standard InChI is InChI=1S/C13H13ClN2O2/c14-11-5-4-10(8-12(11)15-9-17)13(18)16-6-2-1-3-7-16/h4-5,8H,1-3,6-7H2. The number of hydrogen-bond acceptors (Lipinski definition) is 3. The zero-order valence-corrected chi connectivity index (χ0v) is 10.6. The minimum absolute atomic E-state index is 0.0336. The number of hydrogen-bond donors (Lipinski definition) is 0. The molecule has 1 saturated heterocycles. The molecular formula is C13H13ClN2O2. The van der Waals surface area contributed by atoms with Gasteiger partial charge in [-0.2, -0.15) is 4.99 Å². The average Bonchev–Trinajstić information content (AvgIpc) is 2.42. The maximum absolute atomic E-state index is 12.2. The lowest BCUT2D eigenvalue weighted by Gasteiger charge is -2.26. The maximum Gasteiger partial charge on any atom is 0.253 e. The highest BCUT2D eigenvalue weighted by Crippen LogP contribution is 2.26. The van der Waals surface area contributed by atoms with Gasteiger partial charge in [-0.05, 0) is 37.5 Å². The van der Waals surface area contributed by atoms with Crippen molar-refractivity contribution in [1.82, 2.24) is 4.90 Å². The number of likely N-dealkylation sites (tertiary alicyclic amines) is 1. The molecule has 0 aliphatic carbocycles. The van der Waals surface area contributed by atoms with E-state index in [-0.39, 0.29) is 11.6 Å². The highest BCUT2D eigenvalue weighted by atomic mass is 35.5. The largest absolute Gasteiger partial charge is 0.339 e. The van der Waals surface area contributed by atoms with Crippen molar-refractivity contribution in [2.75, 3.05) is 13.1 Å². The van der Waals surface area contributed by atoms with Crippen LogP contribution in [0.1, 0.15) is 29.6 Å². The van der Waals surface area contributed by atoms with Crippen molar-refractivity contribution >= 4 is 29.3 Å². The van der Waals surface area contributed by atoms with Crippen LogP contribution in [-0.4, -0.2) is 30.0 Å². The Kier molecular flexibility index (Phi) is 4.13. The molecule has 0 radical (unpaired) electrons. The third kappa shape index (κ3) is 2.78. The van der Waals surface area contributed by atoms with Crippen LogP contribution in [0.2, 0.25) is 5.02 Å². The predicted octanol–water partition coefficient (Wildman–Crippen LogP) is 2.93. The van der Waals surface area contributed by atoms with Gasteiger partial charge >= 0.3 is 0 Å². The normalized spacial score (nSPS) is 15.1. The summed E-state index contributed by atoms with van der Waals surface area (Å²) in [6, 6.07) is 4.77. The third-order valence-electron chi connectivity index (χ3n) is 3.00. The summed E-state index contributed by atoms with van der Waals surface area (Å²) in [6.07, 6.45) is 4.69. The first-order chi connectivity index (χ1) is 8.72. The fourth-order valence-corrected chi connectivity index (χ4v) is 2.22. The average molecular weight is 265 g/mol. The van der Waals surface area contributed by atoms with Gasteiger partial charge in [0.05, 0.1) is 10.7 Å². The van der Waals surface area contributed by atoms with E-state index >= 15 is 0 Å². The lowest BCUT2D eigenvalue weighted by atomic mass is 10.1. The molecular weight excluding hydrogens is 252 g/mol. The summed E-state index contributed by atoms with van der Waals surface area (Å²) in [7, 11) is 0. The second-order valence-corrected chi connectivity index (χ2v) is 4.63. The minimum atomic E-state index is -0.0336. The highest BCUT2D eigenvalue weighted by Gasteiger charge is 2.18. The second-order valence-electron chi connectivity index (χ2n) is 4.22. The highest BCUT2D eigenvalue weighted by molar-refractivity contribution is 6.33. The van der Waals surface area contributed by atoms with Crippen LogP contribution < -0.4 is 0 Å². The lowest BCUT2D eigenvalue weighted by molar-refractivity contribution is 0.0724. The van der Waals surface area contributed by atoms with Crippen molar-refractivity contribution in [1.29, 1.82) is 0 Å². The Labute approximate surface area is 110 Å². The number of aliphatic imine (C=N–C) groups is 1. The summed E-state index contributed by atoms with van der Waals surface area (Å²) < 4.78 is 0. The molecule has 0 saturated carbocycles. The number of carbonyl (C=O) groups excluding carboxylic acids is 2. The molecule has 0 bridgehead atoms. The van der Waals surface area contributed by atoms with E-state index in [1.54, 1.807) is 12.1 Å². The van der Waals surface area contributed by atoms with E-state index in [0.717, 1.165) is 25.9 Å². The van der Waals surface area contributed by atoms with Crippen molar-refractivity contribution in [3.63, 3.8) is 0 Å². The fourth-order valence-electron chi connectivity index (χ4n) is 2.06. The van der Waals surface area contributed by atoms with E-state index in [1.807, 2.05) is 4.90 Å². The fraction of sp³-hybridized carbons (Fsp3) is 0.385. The van der Waals surface area contributed by atoms with Gasteiger partial charge in [0.15, 0.2) is 0 Å². The van der Waals surface area contributed by atoms with Crippen LogP contribution in [0.15, 0.2) is 23.2 Å². The zero-order chi connectivity index (χ0) is 13.0. The van der Waals surface area contributed by atoms with Gasteiger partial charge in [-0.25, -0.2) is 4.79 Å². The molecule has 2 rings (SSSR count). The van der Waals surface area contributed by atoms with Gasteiger partial charge in [-0.15, -0.1) is 0 Å². The summed E-state index contributed by atoms with van der Waals surface area (Å²) in [5.74, 6) is -0.0336. The molecule has 1 aliphatic rings. The van der Waals surface area contributed by atoms with E-state index in [4.69, 9.17) is 11.6 Å². The van der Waals surface area contributed by atoms with Gasteiger partial charge in [0.1, 0.15) is 0 Å². The van der Waals surface area contributed by atoms with Crippen molar-refractivity contribution in [2.24, 2.45) is 4.99 Å². The molecule has 4 nitrogen and oxygen atoms in total. The van der Waals surface area contributed by atoms with Crippen molar-refractivity contribution < 1.29 is 9.59 Å². The number of nitrogens with zero attached hydrogens (tertiary/aromatic N) is 2. The quantitative estimate of drug-likeness (QED) is 0.609. The van der Waals surface area contributed by atoms with Crippen LogP contribution in [0, 0.1) is 0 Å². The SMILES string of the molecule is O=C=Nc1cc(C(=O)N2CCCCC2)ccc1Cl. The van der Waals surface area contributed by atoms with E-state index in [2.05, 4.69) is 4.99 Å². The Balaban J connectivity index is 2.24. The summed E-state index contributed by atoms with van der Waals surface area (Å²) in [5, 5.41) is 0.341. The Morgan fingerprint density at radius 3 is 2.67 bits per heavy atom. The van der Waals surface area contributed by atoms with Gasteiger partial charge in [-0.1, -0.05) is 11.6 Å².